The van der Waals surface area contributed by atoms with Crippen LogP contribution in [0.3, 0.4) is 0 Å². The molecule has 3 N–H and O–H groups in total. The number of nitrogens with one attached hydrogen (secondary N) is 2. The quantitative estimate of drug-likeness (QED) is 0.690. The summed E-state index contributed by atoms with van der Waals surface area (Å²) in [6.45, 7) is 1.72. The van der Waals surface area contributed by atoms with E-state index in [1.54, 1.807) is 6.07 Å². The van der Waals surface area contributed by atoms with Crippen molar-refractivity contribution in [3.63, 3.8) is 0 Å². The molecule has 0 aliphatic heterocycles. The van der Waals surface area contributed by atoms with E-state index in [-0.39, 0.29) is 18.3 Å². The van der Waals surface area contributed by atoms with Crippen LogP contribution in [-0.4, -0.2) is 30.8 Å². The van der Waals surface area contributed by atoms with E-state index in [9.17, 15) is 18.7 Å². The van der Waals surface area contributed by atoms with Crippen LogP contribution in [0, 0.1) is 5.92 Å². The maximum Gasteiger partial charge on any atom is 0.387 e. The van der Waals surface area contributed by atoms with Crippen molar-refractivity contribution in [3.05, 3.63) is 29.8 Å². The van der Waals surface area contributed by atoms with Crippen molar-refractivity contribution in [2.75, 3.05) is 13.1 Å². The van der Waals surface area contributed by atoms with E-state index in [4.69, 9.17) is 0 Å². The molecule has 5 nitrogen and oxygen atoms in total. The van der Waals surface area contributed by atoms with Gasteiger partial charge in [0.2, 0.25) is 0 Å². The lowest BCUT2D eigenvalue weighted by atomic mass is 10.1. The zero-order chi connectivity index (χ0) is 16.5. The third kappa shape index (κ3) is 7.21. The summed E-state index contributed by atoms with van der Waals surface area (Å²) in [5.74, 6) is 0.455. The molecule has 0 aliphatic carbocycles. The van der Waals surface area contributed by atoms with Crippen molar-refractivity contribution in [3.8, 4) is 5.75 Å². The molecule has 1 atom stereocenters. The second kappa shape index (κ2) is 9.19. The van der Waals surface area contributed by atoms with Gasteiger partial charge in [0.05, 0.1) is 6.10 Å². The highest BCUT2D eigenvalue weighted by atomic mass is 19.3. The number of aliphatic hydroxyl groups is 1. The first-order valence-corrected chi connectivity index (χ1v) is 7.13. The fourth-order valence-corrected chi connectivity index (χ4v) is 1.74. The molecule has 0 radical (unpaired) electrons. The van der Waals surface area contributed by atoms with E-state index < -0.39 is 12.7 Å². The summed E-state index contributed by atoms with van der Waals surface area (Å²) in [4.78, 5) is 11.5. The lowest BCUT2D eigenvalue weighted by Gasteiger charge is -2.14. The lowest BCUT2D eigenvalue weighted by Crippen LogP contribution is -2.38. The van der Waals surface area contributed by atoms with Gasteiger partial charge in [0.1, 0.15) is 5.75 Å². The van der Waals surface area contributed by atoms with Gasteiger partial charge < -0.3 is 20.5 Å². The summed E-state index contributed by atoms with van der Waals surface area (Å²) in [7, 11) is 0. The smallest absolute Gasteiger partial charge is 0.387 e. The molecule has 1 aromatic carbocycles. The Labute approximate surface area is 128 Å². The van der Waals surface area contributed by atoms with Crippen LogP contribution in [0.2, 0.25) is 0 Å². The molecule has 0 bridgehead atoms. The molecule has 2 amide bonds. The molecule has 0 heterocycles. The van der Waals surface area contributed by atoms with E-state index in [1.165, 1.54) is 18.2 Å². The van der Waals surface area contributed by atoms with E-state index >= 15 is 0 Å². The van der Waals surface area contributed by atoms with Crippen molar-refractivity contribution in [2.24, 2.45) is 5.92 Å². The molecular weight excluding hydrogens is 294 g/mol. The molecule has 0 saturated heterocycles. The van der Waals surface area contributed by atoms with Crippen LogP contribution in [0.15, 0.2) is 24.3 Å². The number of carbonyl (C=O) groups is 1. The Morgan fingerprint density at radius 1 is 1.32 bits per heavy atom. The number of rotatable bonds is 8. The predicted octanol–water partition coefficient (Wildman–Crippen LogP) is 2.67. The molecule has 1 unspecified atom stereocenters. The summed E-state index contributed by atoms with van der Waals surface area (Å²) < 4.78 is 28.5. The maximum absolute atomic E-state index is 12.1. The molecule has 0 spiro atoms. The van der Waals surface area contributed by atoms with Crippen molar-refractivity contribution in [2.45, 2.75) is 33.0 Å². The van der Waals surface area contributed by atoms with Gasteiger partial charge in [-0.2, -0.15) is 8.78 Å². The Bertz CT molecular complexity index is 470. The number of carbonyl (C=O) groups excluding carboxylic acids is 1. The second-order valence-corrected chi connectivity index (χ2v) is 5.29. The first-order valence-electron chi connectivity index (χ1n) is 7.13. The highest BCUT2D eigenvalue weighted by molar-refractivity contribution is 5.73. The zero-order valence-corrected chi connectivity index (χ0v) is 12.7. The topological polar surface area (TPSA) is 70.6 Å². The lowest BCUT2D eigenvalue weighted by molar-refractivity contribution is -0.0499. The molecule has 22 heavy (non-hydrogen) atoms. The van der Waals surface area contributed by atoms with Gasteiger partial charge in [0.15, 0.2) is 0 Å². The number of alkyl halides is 2. The van der Waals surface area contributed by atoms with Crippen LogP contribution < -0.4 is 15.4 Å². The van der Waals surface area contributed by atoms with Crippen LogP contribution in [0.25, 0.3) is 0 Å². The minimum absolute atomic E-state index is 0.0222. The molecule has 0 saturated carbocycles. The van der Waals surface area contributed by atoms with Crippen molar-refractivity contribution in [1.82, 2.24) is 10.6 Å². The Morgan fingerprint density at radius 3 is 2.68 bits per heavy atom. The molecule has 0 fully saturated rings. The van der Waals surface area contributed by atoms with Gasteiger partial charge in [-0.1, -0.05) is 26.0 Å². The normalized spacial score (nSPS) is 12.3. The van der Waals surface area contributed by atoms with Crippen molar-refractivity contribution >= 4 is 6.03 Å². The minimum atomic E-state index is -2.92. The summed E-state index contributed by atoms with van der Waals surface area (Å²) >= 11 is 0. The number of benzene rings is 1. The first kappa shape index (κ1) is 18.2. The summed E-state index contributed by atoms with van der Waals surface area (Å²) in [5, 5.41) is 15.2. The number of amides is 2. The van der Waals surface area contributed by atoms with E-state index in [0.717, 1.165) is 6.42 Å². The third-order valence-electron chi connectivity index (χ3n) is 2.93. The Morgan fingerprint density at radius 2 is 2.05 bits per heavy atom. The minimum Gasteiger partial charge on any atom is -0.435 e. The number of hydrogen-bond donors (Lipinski definition) is 3. The molecule has 124 valence electrons. The average molecular weight is 316 g/mol. The van der Waals surface area contributed by atoms with Crippen LogP contribution in [0.1, 0.15) is 31.9 Å². The molecule has 1 rings (SSSR count). The maximum atomic E-state index is 12.1. The number of urea groups is 1. The Hall–Kier alpha value is -1.89. The second-order valence-electron chi connectivity index (χ2n) is 5.29. The van der Waals surface area contributed by atoms with Gasteiger partial charge in [0.25, 0.3) is 0 Å². The molecular formula is C15H22F2N2O3. The molecule has 1 aromatic rings. The summed E-state index contributed by atoms with van der Waals surface area (Å²) in [5.41, 5.74) is 0.389. The predicted molar refractivity (Wildman–Crippen MR) is 78.9 cm³/mol. The van der Waals surface area contributed by atoms with E-state index in [1.807, 2.05) is 0 Å². The van der Waals surface area contributed by atoms with Gasteiger partial charge in [0, 0.05) is 13.1 Å². The van der Waals surface area contributed by atoms with E-state index in [0.29, 0.717) is 18.0 Å². The van der Waals surface area contributed by atoms with E-state index in [2.05, 4.69) is 29.2 Å². The zero-order valence-electron chi connectivity index (χ0n) is 12.7. The molecule has 0 aromatic heterocycles. The largest absolute Gasteiger partial charge is 0.435 e. The molecule has 0 aliphatic rings. The fraction of sp³-hybridized carbons (Fsp3) is 0.533. The number of aliphatic hydroxyl groups excluding tert-OH is 1. The number of halogens is 2. The fourth-order valence-electron chi connectivity index (χ4n) is 1.74. The SMILES string of the molecule is CC(C)CCNC(=O)NCC(O)c1cccc(OC(F)F)c1. The van der Waals surface area contributed by atoms with Crippen LogP contribution in [0.5, 0.6) is 5.75 Å². The number of hydrogen-bond acceptors (Lipinski definition) is 3. The number of ether oxygens (including phenoxy) is 1. The highest BCUT2D eigenvalue weighted by Crippen LogP contribution is 2.20. The van der Waals surface area contributed by atoms with Gasteiger partial charge in [-0.25, -0.2) is 4.79 Å². The highest BCUT2D eigenvalue weighted by Gasteiger charge is 2.12. The van der Waals surface area contributed by atoms with Gasteiger partial charge in [-0.15, -0.1) is 0 Å². The van der Waals surface area contributed by atoms with Crippen LogP contribution in [-0.2, 0) is 0 Å². The van der Waals surface area contributed by atoms with Gasteiger partial charge >= 0.3 is 12.6 Å². The standard InChI is InChI=1S/C15H22F2N2O3/c1-10(2)6-7-18-15(21)19-9-13(20)11-4-3-5-12(8-11)22-14(16)17/h3-5,8,10,13-14,20H,6-7,9H2,1-2H3,(H2,18,19,21). The summed E-state index contributed by atoms with van der Waals surface area (Å²) in [6.07, 6.45) is -0.139. The van der Waals surface area contributed by atoms with Crippen molar-refractivity contribution < 1.29 is 23.4 Å². The Balaban J connectivity index is 2.41. The summed E-state index contributed by atoms with van der Waals surface area (Å²) in [6, 6.07) is 5.38. The van der Waals surface area contributed by atoms with Gasteiger partial charge in [-0.3, -0.25) is 0 Å². The third-order valence-corrected chi connectivity index (χ3v) is 2.93. The Kier molecular flexibility index (Phi) is 7.59. The average Bonchev–Trinajstić information content (AvgIpc) is 2.44. The van der Waals surface area contributed by atoms with Crippen molar-refractivity contribution in [1.29, 1.82) is 0 Å². The molecule has 7 heteroatoms. The first-order chi connectivity index (χ1) is 10.4. The van der Waals surface area contributed by atoms with Crippen LogP contribution in [0.4, 0.5) is 13.6 Å². The van der Waals surface area contributed by atoms with Gasteiger partial charge in [-0.05, 0) is 30.0 Å². The monoisotopic (exact) mass is 316 g/mol. The van der Waals surface area contributed by atoms with Crippen LogP contribution >= 0.6 is 0 Å².